The summed E-state index contributed by atoms with van der Waals surface area (Å²) in [6.45, 7) is 0. The van der Waals surface area contributed by atoms with Crippen LogP contribution in [0.4, 0.5) is 0 Å². The van der Waals surface area contributed by atoms with Crippen LogP contribution in [0.2, 0.25) is 0 Å². The lowest BCUT2D eigenvalue weighted by molar-refractivity contribution is 0.0950. The predicted molar refractivity (Wildman–Crippen MR) is 103 cm³/mol. The third-order valence-corrected chi connectivity index (χ3v) is 4.79. The Hall–Kier alpha value is -2.93. The predicted octanol–water partition coefficient (Wildman–Crippen LogP) is 3.82. The monoisotopic (exact) mass is 381 g/mol. The van der Waals surface area contributed by atoms with Crippen molar-refractivity contribution in [2.45, 2.75) is 25.3 Å². The standard InChI is InChI=1S/C20H19N3O3S/c1-25-16-6-2-4-13(10-16)11-18-22-20(27-23-18)26-17-7-3-5-14(12-17)19(24)21-15-8-9-15/h2-7,10,12,15H,8-9,11H2,1H3,(H,21,24). The maximum Gasteiger partial charge on any atom is 0.298 e. The van der Waals surface area contributed by atoms with Crippen LogP contribution < -0.4 is 14.8 Å². The normalized spacial score (nSPS) is 13.2. The minimum atomic E-state index is -0.0704. The zero-order valence-electron chi connectivity index (χ0n) is 14.8. The van der Waals surface area contributed by atoms with Gasteiger partial charge in [-0.25, -0.2) is 0 Å². The first kappa shape index (κ1) is 17.5. The number of benzene rings is 2. The molecule has 1 amide bonds. The number of nitrogens with one attached hydrogen (secondary N) is 1. The summed E-state index contributed by atoms with van der Waals surface area (Å²) in [5.41, 5.74) is 1.65. The van der Waals surface area contributed by atoms with E-state index in [0.29, 0.717) is 34.8 Å². The van der Waals surface area contributed by atoms with Gasteiger partial charge in [0, 0.05) is 29.6 Å². The number of methoxy groups -OCH3 is 1. The number of aromatic nitrogens is 2. The molecule has 0 bridgehead atoms. The summed E-state index contributed by atoms with van der Waals surface area (Å²) in [6, 6.07) is 15.2. The Morgan fingerprint density at radius 3 is 2.81 bits per heavy atom. The van der Waals surface area contributed by atoms with Gasteiger partial charge in [0.05, 0.1) is 7.11 Å². The molecule has 1 aromatic heterocycles. The van der Waals surface area contributed by atoms with Crippen LogP contribution in [0.1, 0.15) is 34.6 Å². The molecule has 27 heavy (non-hydrogen) atoms. The lowest BCUT2D eigenvalue weighted by atomic mass is 10.1. The van der Waals surface area contributed by atoms with Crippen molar-refractivity contribution in [1.82, 2.24) is 14.7 Å². The van der Waals surface area contributed by atoms with Crippen molar-refractivity contribution in [3.05, 3.63) is 65.5 Å². The van der Waals surface area contributed by atoms with Gasteiger partial charge in [-0.1, -0.05) is 18.2 Å². The van der Waals surface area contributed by atoms with Crippen LogP contribution in [-0.2, 0) is 6.42 Å². The first-order valence-electron chi connectivity index (χ1n) is 8.74. The molecule has 4 rings (SSSR count). The third-order valence-electron chi connectivity index (χ3n) is 4.16. The molecule has 1 fully saturated rings. The summed E-state index contributed by atoms with van der Waals surface area (Å²) in [7, 11) is 1.64. The highest BCUT2D eigenvalue weighted by molar-refractivity contribution is 7.07. The van der Waals surface area contributed by atoms with Gasteiger partial charge in [-0.3, -0.25) is 4.79 Å². The number of ether oxygens (including phenoxy) is 2. The Labute approximate surface area is 161 Å². The first-order valence-corrected chi connectivity index (χ1v) is 9.51. The van der Waals surface area contributed by atoms with E-state index in [4.69, 9.17) is 9.47 Å². The Morgan fingerprint density at radius 1 is 1.19 bits per heavy atom. The van der Waals surface area contributed by atoms with Crippen LogP contribution in [0.25, 0.3) is 0 Å². The summed E-state index contributed by atoms with van der Waals surface area (Å²) in [6.07, 6.45) is 2.71. The highest BCUT2D eigenvalue weighted by atomic mass is 32.1. The molecule has 7 heteroatoms. The number of carbonyl (C=O) groups excluding carboxylic acids is 1. The van der Waals surface area contributed by atoms with Crippen LogP contribution in [0, 0.1) is 0 Å². The number of hydrogen-bond acceptors (Lipinski definition) is 6. The zero-order chi connectivity index (χ0) is 18.6. The fourth-order valence-electron chi connectivity index (χ4n) is 2.61. The van der Waals surface area contributed by atoms with Gasteiger partial charge >= 0.3 is 0 Å². The minimum absolute atomic E-state index is 0.0704. The van der Waals surface area contributed by atoms with Crippen molar-refractivity contribution in [2.24, 2.45) is 0 Å². The fourth-order valence-corrected chi connectivity index (χ4v) is 3.18. The highest BCUT2D eigenvalue weighted by Gasteiger charge is 2.23. The largest absolute Gasteiger partial charge is 0.497 e. The van der Waals surface area contributed by atoms with Crippen molar-refractivity contribution in [3.63, 3.8) is 0 Å². The van der Waals surface area contributed by atoms with Crippen LogP contribution in [-0.4, -0.2) is 28.4 Å². The molecule has 0 aliphatic heterocycles. The van der Waals surface area contributed by atoms with Gasteiger partial charge in [0.2, 0.25) is 0 Å². The summed E-state index contributed by atoms with van der Waals surface area (Å²) < 4.78 is 15.4. The Morgan fingerprint density at radius 2 is 2.00 bits per heavy atom. The van der Waals surface area contributed by atoms with E-state index in [1.165, 1.54) is 11.5 Å². The van der Waals surface area contributed by atoms with Gasteiger partial charge in [0.1, 0.15) is 11.5 Å². The van der Waals surface area contributed by atoms with Gasteiger partial charge in [-0.05, 0) is 48.7 Å². The highest BCUT2D eigenvalue weighted by Crippen LogP contribution is 2.26. The maximum absolute atomic E-state index is 12.2. The number of amides is 1. The lowest BCUT2D eigenvalue weighted by Gasteiger charge is -2.05. The molecule has 1 aliphatic rings. The quantitative estimate of drug-likeness (QED) is 0.673. The Balaban J connectivity index is 1.42. The Bertz CT molecular complexity index is 953. The first-order chi connectivity index (χ1) is 13.2. The second kappa shape index (κ2) is 7.75. The van der Waals surface area contributed by atoms with E-state index >= 15 is 0 Å². The molecule has 0 unspecified atom stereocenters. The molecule has 0 saturated heterocycles. The summed E-state index contributed by atoms with van der Waals surface area (Å²) >= 11 is 1.19. The van der Waals surface area contributed by atoms with E-state index in [2.05, 4.69) is 14.7 Å². The van der Waals surface area contributed by atoms with E-state index in [-0.39, 0.29) is 5.91 Å². The average molecular weight is 381 g/mol. The summed E-state index contributed by atoms with van der Waals surface area (Å²) in [5, 5.41) is 3.42. The fraction of sp³-hybridized carbons (Fsp3) is 0.250. The molecule has 1 aliphatic carbocycles. The number of carbonyl (C=O) groups is 1. The average Bonchev–Trinajstić information content (AvgIpc) is 3.40. The van der Waals surface area contributed by atoms with Gasteiger partial charge in [-0.15, -0.1) is 0 Å². The van der Waals surface area contributed by atoms with Gasteiger partial charge in [-0.2, -0.15) is 9.36 Å². The Kier molecular flexibility index (Phi) is 5.02. The molecule has 0 spiro atoms. The van der Waals surface area contributed by atoms with E-state index in [9.17, 15) is 4.79 Å². The lowest BCUT2D eigenvalue weighted by Crippen LogP contribution is -2.25. The molecule has 1 heterocycles. The van der Waals surface area contributed by atoms with E-state index in [1.807, 2.05) is 24.3 Å². The molecule has 3 aromatic rings. The van der Waals surface area contributed by atoms with Crippen LogP contribution in [0.3, 0.4) is 0 Å². The van der Waals surface area contributed by atoms with Crippen molar-refractivity contribution < 1.29 is 14.3 Å². The topological polar surface area (TPSA) is 73.3 Å². The van der Waals surface area contributed by atoms with Crippen molar-refractivity contribution in [2.75, 3.05) is 7.11 Å². The van der Waals surface area contributed by atoms with Crippen molar-refractivity contribution >= 4 is 17.4 Å². The smallest absolute Gasteiger partial charge is 0.298 e. The molecule has 1 N–H and O–H groups in total. The van der Waals surface area contributed by atoms with Crippen LogP contribution >= 0.6 is 11.5 Å². The molecule has 0 atom stereocenters. The second-order valence-electron chi connectivity index (χ2n) is 6.38. The summed E-state index contributed by atoms with van der Waals surface area (Å²) in [5.74, 6) is 1.99. The van der Waals surface area contributed by atoms with Gasteiger partial charge in [0.25, 0.3) is 11.1 Å². The second-order valence-corrected chi connectivity index (χ2v) is 7.10. The molecule has 138 valence electrons. The number of nitrogens with zero attached hydrogens (tertiary/aromatic N) is 2. The summed E-state index contributed by atoms with van der Waals surface area (Å²) in [4.78, 5) is 16.6. The molecule has 6 nitrogen and oxygen atoms in total. The van der Waals surface area contributed by atoms with Crippen LogP contribution in [0.15, 0.2) is 48.5 Å². The molecular formula is C20H19N3O3S. The molecule has 0 radical (unpaired) electrons. The SMILES string of the molecule is COc1cccc(Cc2nsc(Oc3cccc(C(=O)NC4CC4)c3)n2)c1. The number of rotatable bonds is 7. The molecule has 1 saturated carbocycles. The van der Waals surface area contributed by atoms with E-state index < -0.39 is 0 Å². The van der Waals surface area contributed by atoms with Gasteiger partial charge < -0.3 is 14.8 Å². The van der Waals surface area contributed by atoms with Crippen LogP contribution in [0.5, 0.6) is 16.7 Å². The molecular weight excluding hydrogens is 362 g/mol. The third kappa shape index (κ3) is 4.62. The van der Waals surface area contributed by atoms with Gasteiger partial charge in [0.15, 0.2) is 5.82 Å². The van der Waals surface area contributed by atoms with Crippen molar-refractivity contribution in [3.8, 4) is 16.7 Å². The minimum Gasteiger partial charge on any atom is -0.497 e. The zero-order valence-corrected chi connectivity index (χ0v) is 15.7. The molecule has 2 aromatic carbocycles. The van der Waals surface area contributed by atoms with E-state index in [1.54, 1.807) is 31.4 Å². The van der Waals surface area contributed by atoms with Crippen molar-refractivity contribution in [1.29, 1.82) is 0 Å². The number of hydrogen-bond donors (Lipinski definition) is 1. The van der Waals surface area contributed by atoms with E-state index in [0.717, 1.165) is 24.2 Å². The maximum atomic E-state index is 12.2.